The second kappa shape index (κ2) is 7.24. The van der Waals surface area contributed by atoms with Crippen LogP contribution in [0.5, 0.6) is 5.75 Å². The van der Waals surface area contributed by atoms with Crippen LogP contribution in [0.3, 0.4) is 0 Å². The monoisotopic (exact) mass is 309 g/mol. The van der Waals surface area contributed by atoms with Crippen LogP contribution in [-0.2, 0) is 4.74 Å². The molecule has 0 aliphatic heterocycles. The van der Waals surface area contributed by atoms with Gasteiger partial charge >= 0.3 is 5.97 Å². The van der Waals surface area contributed by atoms with Crippen molar-refractivity contribution in [3.8, 4) is 5.75 Å². The number of carbonyl (C=O) groups excluding carboxylic acids is 1. The first-order valence-electron chi connectivity index (χ1n) is 7.24. The molecule has 6 heteroatoms. The van der Waals surface area contributed by atoms with E-state index in [1.54, 1.807) is 0 Å². The van der Waals surface area contributed by atoms with E-state index >= 15 is 0 Å². The van der Waals surface area contributed by atoms with E-state index in [0.717, 1.165) is 24.6 Å². The molecule has 1 unspecified atom stereocenters. The molecule has 1 aromatic carbocycles. The summed E-state index contributed by atoms with van der Waals surface area (Å²) in [6.07, 6.45) is 1.71. The molecule has 1 rings (SSSR count). The van der Waals surface area contributed by atoms with Crippen molar-refractivity contribution >= 4 is 11.7 Å². The van der Waals surface area contributed by atoms with Gasteiger partial charge in [0.25, 0.3) is 5.69 Å². The van der Waals surface area contributed by atoms with Crippen LogP contribution in [0, 0.1) is 21.4 Å². The highest BCUT2D eigenvalue weighted by atomic mass is 16.6. The summed E-state index contributed by atoms with van der Waals surface area (Å²) in [4.78, 5) is 22.0. The van der Waals surface area contributed by atoms with E-state index < -0.39 is 10.9 Å². The Morgan fingerprint density at radius 2 is 2.05 bits per heavy atom. The molecule has 0 amide bonds. The number of rotatable bonds is 6. The normalized spacial score (nSPS) is 12.7. The summed E-state index contributed by atoms with van der Waals surface area (Å²) in [5.41, 5.74) is -0.231. The van der Waals surface area contributed by atoms with Crippen LogP contribution < -0.4 is 0 Å². The maximum Gasteiger partial charge on any atom is 0.342 e. The van der Waals surface area contributed by atoms with Crippen molar-refractivity contribution in [2.24, 2.45) is 11.3 Å². The number of nitro groups is 1. The fourth-order valence-corrected chi connectivity index (χ4v) is 2.38. The summed E-state index contributed by atoms with van der Waals surface area (Å²) in [5, 5.41) is 20.3. The number of nitro benzene ring substituents is 1. The largest absolute Gasteiger partial charge is 0.507 e. The van der Waals surface area contributed by atoms with Crippen molar-refractivity contribution in [3.05, 3.63) is 33.9 Å². The predicted octanol–water partition coefficient (Wildman–Crippen LogP) is 3.92. The topological polar surface area (TPSA) is 89.7 Å². The molecule has 0 fully saturated rings. The van der Waals surface area contributed by atoms with Crippen molar-refractivity contribution in [3.63, 3.8) is 0 Å². The summed E-state index contributed by atoms with van der Waals surface area (Å²) in [6.45, 7) is 8.76. The quantitative estimate of drug-likeness (QED) is 0.488. The minimum absolute atomic E-state index is 0.183. The Kier molecular flexibility index (Phi) is 5.91. The number of hydrogen-bond donors (Lipinski definition) is 1. The Balaban J connectivity index is 2.59. The average molecular weight is 309 g/mol. The van der Waals surface area contributed by atoms with Gasteiger partial charge in [-0.15, -0.1) is 0 Å². The number of ether oxygens (including phenoxy) is 1. The highest BCUT2D eigenvalue weighted by Gasteiger charge is 2.19. The molecule has 0 aliphatic rings. The van der Waals surface area contributed by atoms with E-state index in [1.165, 1.54) is 0 Å². The molecule has 22 heavy (non-hydrogen) atoms. The van der Waals surface area contributed by atoms with Gasteiger partial charge in [-0.25, -0.2) is 4.79 Å². The highest BCUT2D eigenvalue weighted by molar-refractivity contribution is 5.93. The van der Waals surface area contributed by atoms with Gasteiger partial charge in [0.2, 0.25) is 0 Å². The van der Waals surface area contributed by atoms with Crippen LogP contribution in [0.4, 0.5) is 5.69 Å². The van der Waals surface area contributed by atoms with Crippen molar-refractivity contribution in [1.29, 1.82) is 0 Å². The summed E-state index contributed by atoms with van der Waals surface area (Å²) < 4.78 is 5.11. The maximum absolute atomic E-state index is 11.9. The van der Waals surface area contributed by atoms with Crippen molar-refractivity contribution in [2.45, 2.75) is 40.5 Å². The van der Waals surface area contributed by atoms with Gasteiger partial charge < -0.3 is 9.84 Å². The maximum atomic E-state index is 11.9. The molecule has 0 bridgehead atoms. The fourth-order valence-electron chi connectivity index (χ4n) is 2.38. The summed E-state index contributed by atoms with van der Waals surface area (Å²) in [6, 6.07) is 3.28. The molecule has 0 spiro atoms. The van der Waals surface area contributed by atoms with Gasteiger partial charge in [-0.05, 0) is 30.2 Å². The summed E-state index contributed by atoms with van der Waals surface area (Å²) in [5.74, 6) is -0.672. The van der Waals surface area contributed by atoms with Gasteiger partial charge in [0, 0.05) is 12.1 Å². The average Bonchev–Trinajstić information content (AvgIpc) is 2.36. The second-order valence-corrected chi connectivity index (χ2v) is 6.75. The Labute approximate surface area is 130 Å². The lowest BCUT2D eigenvalue weighted by Gasteiger charge is -2.23. The number of benzene rings is 1. The number of phenols is 1. The number of aromatic hydroxyl groups is 1. The second-order valence-electron chi connectivity index (χ2n) is 6.75. The standard InChI is InChI=1S/C16H23NO5/c1-11(10-16(2,3)4)7-8-22-15(19)13-9-12(17(20)21)5-6-14(13)18/h5-6,9,11,18H,7-8,10H2,1-4H3. The third kappa shape index (κ3) is 5.71. The smallest absolute Gasteiger partial charge is 0.342 e. The molecule has 0 heterocycles. The zero-order chi connectivity index (χ0) is 16.9. The summed E-state index contributed by atoms with van der Waals surface area (Å²) in [7, 11) is 0. The third-order valence-corrected chi connectivity index (χ3v) is 3.22. The minimum atomic E-state index is -0.746. The lowest BCUT2D eigenvalue weighted by Crippen LogP contribution is -2.14. The van der Waals surface area contributed by atoms with Gasteiger partial charge in [-0.3, -0.25) is 10.1 Å². The minimum Gasteiger partial charge on any atom is -0.507 e. The first kappa shape index (κ1) is 17.9. The molecule has 122 valence electrons. The molecule has 0 radical (unpaired) electrons. The molecule has 0 saturated heterocycles. The van der Waals surface area contributed by atoms with E-state index in [9.17, 15) is 20.0 Å². The van der Waals surface area contributed by atoms with E-state index in [0.29, 0.717) is 12.3 Å². The van der Waals surface area contributed by atoms with Crippen molar-refractivity contribution in [1.82, 2.24) is 0 Å². The zero-order valence-electron chi connectivity index (χ0n) is 13.5. The number of non-ortho nitro benzene ring substituents is 1. The van der Waals surface area contributed by atoms with Gasteiger partial charge in [0.1, 0.15) is 11.3 Å². The molecule has 1 aromatic rings. The zero-order valence-corrected chi connectivity index (χ0v) is 13.5. The van der Waals surface area contributed by atoms with E-state index in [2.05, 4.69) is 27.7 Å². The number of phenolic OH excluding ortho intramolecular Hbond substituents is 1. The third-order valence-electron chi connectivity index (χ3n) is 3.22. The lowest BCUT2D eigenvalue weighted by atomic mass is 9.84. The van der Waals surface area contributed by atoms with Crippen LogP contribution in [0.2, 0.25) is 0 Å². The molecule has 0 saturated carbocycles. The fraction of sp³-hybridized carbons (Fsp3) is 0.562. The predicted molar refractivity (Wildman–Crippen MR) is 82.9 cm³/mol. The van der Waals surface area contributed by atoms with Crippen LogP contribution >= 0.6 is 0 Å². The Hall–Kier alpha value is -2.11. The molecule has 0 aromatic heterocycles. The molecular weight excluding hydrogens is 286 g/mol. The van der Waals surface area contributed by atoms with Gasteiger partial charge in [-0.1, -0.05) is 27.7 Å². The number of hydrogen-bond acceptors (Lipinski definition) is 5. The van der Waals surface area contributed by atoms with E-state index in [4.69, 9.17) is 4.74 Å². The van der Waals surface area contributed by atoms with Crippen LogP contribution in [0.25, 0.3) is 0 Å². The molecule has 0 aliphatic carbocycles. The highest BCUT2D eigenvalue weighted by Crippen LogP contribution is 2.26. The molecule has 6 nitrogen and oxygen atoms in total. The van der Waals surface area contributed by atoms with Gasteiger partial charge in [-0.2, -0.15) is 0 Å². The lowest BCUT2D eigenvalue weighted by molar-refractivity contribution is -0.384. The first-order chi connectivity index (χ1) is 10.1. The van der Waals surface area contributed by atoms with Gasteiger partial charge in [0.05, 0.1) is 11.5 Å². The Morgan fingerprint density at radius 3 is 2.59 bits per heavy atom. The van der Waals surface area contributed by atoms with Gasteiger partial charge in [0.15, 0.2) is 0 Å². The van der Waals surface area contributed by atoms with Crippen molar-refractivity contribution < 1.29 is 19.6 Å². The Morgan fingerprint density at radius 1 is 1.41 bits per heavy atom. The number of carbonyl (C=O) groups is 1. The van der Waals surface area contributed by atoms with Crippen LogP contribution in [0.1, 0.15) is 50.9 Å². The summed E-state index contributed by atoms with van der Waals surface area (Å²) >= 11 is 0. The Bertz CT molecular complexity index is 548. The molecule has 1 N–H and O–H groups in total. The molecule has 1 atom stereocenters. The SMILES string of the molecule is CC(CCOC(=O)c1cc([N+](=O)[O-])ccc1O)CC(C)(C)C. The van der Waals surface area contributed by atoms with Crippen LogP contribution in [0.15, 0.2) is 18.2 Å². The number of nitrogens with zero attached hydrogens (tertiary/aromatic N) is 1. The first-order valence-corrected chi connectivity index (χ1v) is 7.24. The van der Waals surface area contributed by atoms with Crippen LogP contribution in [-0.4, -0.2) is 22.6 Å². The van der Waals surface area contributed by atoms with E-state index in [1.807, 2.05) is 0 Å². The van der Waals surface area contributed by atoms with Crippen molar-refractivity contribution in [2.75, 3.05) is 6.61 Å². The van der Waals surface area contributed by atoms with E-state index in [-0.39, 0.29) is 29.0 Å². The molecular formula is C16H23NO5. The number of esters is 1.